The van der Waals surface area contributed by atoms with Crippen molar-refractivity contribution in [2.75, 3.05) is 7.11 Å². The SMILES string of the molecule is COc1cc(Cc2nc3ccc(C(F)(F)F)cc3s2)c(C(F)(F)F)cc1C. The average molecular weight is 405 g/mol. The summed E-state index contributed by atoms with van der Waals surface area (Å²) in [5.74, 6) is 0.304. The molecule has 27 heavy (non-hydrogen) atoms. The molecule has 0 aliphatic heterocycles. The second kappa shape index (κ2) is 6.70. The highest BCUT2D eigenvalue weighted by Gasteiger charge is 2.34. The number of alkyl halides is 6. The summed E-state index contributed by atoms with van der Waals surface area (Å²) in [5.41, 5.74) is -1.02. The van der Waals surface area contributed by atoms with Crippen LogP contribution in [0.5, 0.6) is 5.75 Å². The lowest BCUT2D eigenvalue weighted by molar-refractivity contribution is -0.138. The maximum absolute atomic E-state index is 13.4. The number of ether oxygens (including phenoxy) is 1. The van der Waals surface area contributed by atoms with Gasteiger partial charge in [0.25, 0.3) is 0 Å². The largest absolute Gasteiger partial charge is 0.496 e. The third kappa shape index (κ3) is 4.02. The average Bonchev–Trinajstić information content (AvgIpc) is 2.95. The van der Waals surface area contributed by atoms with E-state index >= 15 is 0 Å². The third-order valence-electron chi connectivity index (χ3n) is 4.03. The molecule has 0 aliphatic rings. The molecule has 3 aromatic rings. The summed E-state index contributed by atoms with van der Waals surface area (Å²) in [6.45, 7) is 1.51. The minimum absolute atomic E-state index is 0.0416. The first kappa shape index (κ1) is 19.5. The van der Waals surface area contributed by atoms with Gasteiger partial charge in [-0.3, -0.25) is 0 Å². The molecule has 0 unspecified atom stereocenters. The molecule has 0 amide bonds. The Morgan fingerprint density at radius 1 is 1.00 bits per heavy atom. The van der Waals surface area contributed by atoms with Crippen molar-refractivity contribution in [3.8, 4) is 5.75 Å². The number of nitrogens with zero attached hydrogens (tertiary/aromatic N) is 1. The van der Waals surface area contributed by atoms with Gasteiger partial charge in [-0.2, -0.15) is 26.3 Å². The van der Waals surface area contributed by atoms with E-state index in [4.69, 9.17) is 4.74 Å². The Labute approximate surface area is 154 Å². The Kier molecular flexibility index (Phi) is 4.83. The molecule has 0 spiro atoms. The van der Waals surface area contributed by atoms with Crippen LogP contribution in [0.3, 0.4) is 0 Å². The van der Waals surface area contributed by atoms with E-state index in [1.54, 1.807) is 0 Å². The molecule has 0 radical (unpaired) electrons. The van der Waals surface area contributed by atoms with Gasteiger partial charge in [0.2, 0.25) is 0 Å². The van der Waals surface area contributed by atoms with Gasteiger partial charge in [0.15, 0.2) is 0 Å². The van der Waals surface area contributed by atoms with Crippen LogP contribution >= 0.6 is 11.3 Å². The van der Waals surface area contributed by atoms with Gasteiger partial charge in [-0.1, -0.05) is 0 Å². The maximum Gasteiger partial charge on any atom is 0.416 e. The Bertz CT molecular complexity index is 990. The van der Waals surface area contributed by atoms with Gasteiger partial charge in [-0.05, 0) is 48.4 Å². The van der Waals surface area contributed by atoms with Crippen LogP contribution in [0.25, 0.3) is 10.2 Å². The summed E-state index contributed by atoms with van der Waals surface area (Å²) < 4.78 is 83.9. The minimum atomic E-state index is -4.56. The van der Waals surface area contributed by atoms with E-state index in [1.807, 2.05) is 0 Å². The van der Waals surface area contributed by atoms with Crippen molar-refractivity contribution in [1.29, 1.82) is 0 Å². The number of fused-ring (bicyclic) bond motifs is 1. The van der Waals surface area contributed by atoms with Crippen LogP contribution in [-0.2, 0) is 18.8 Å². The van der Waals surface area contributed by atoms with Gasteiger partial charge in [-0.15, -0.1) is 11.3 Å². The molecule has 3 rings (SSSR count). The lowest BCUT2D eigenvalue weighted by atomic mass is 10.0. The lowest BCUT2D eigenvalue weighted by Gasteiger charge is -2.15. The van der Waals surface area contributed by atoms with Gasteiger partial charge in [0, 0.05) is 6.42 Å². The molecule has 1 heterocycles. The van der Waals surface area contributed by atoms with Crippen LogP contribution in [0.4, 0.5) is 26.3 Å². The van der Waals surface area contributed by atoms with E-state index in [0.29, 0.717) is 21.8 Å². The smallest absolute Gasteiger partial charge is 0.416 e. The van der Waals surface area contributed by atoms with Crippen molar-refractivity contribution in [3.05, 3.63) is 57.6 Å². The van der Waals surface area contributed by atoms with Crippen molar-refractivity contribution in [2.45, 2.75) is 25.7 Å². The number of hydrogen-bond donors (Lipinski definition) is 0. The molecule has 0 N–H and O–H groups in total. The molecule has 2 nitrogen and oxygen atoms in total. The quantitative estimate of drug-likeness (QED) is 0.481. The predicted molar refractivity (Wildman–Crippen MR) is 90.2 cm³/mol. The number of hydrogen-bond acceptors (Lipinski definition) is 3. The number of aromatic nitrogens is 1. The molecule has 2 aromatic carbocycles. The number of benzene rings is 2. The van der Waals surface area contributed by atoms with Crippen LogP contribution in [0.15, 0.2) is 30.3 Å². The van der Waals surface area contributed by atoms with Crippen molar-refractivity contribution in [3.63, 3.8) is 0 Å². The molecule has 0 bridgehead atoms. The van der Waals surface area contributed by atoms with Gasteiger partial charge >= 0.3 is 12.4 Å². The summed E-state index contributed by atoms with van der Waals surface area (Å²) in [6.07, 6.45) is -9.22. The number of thiazole rings is 1. The van der Waals surface area contributed by atoms with Gasteiger partial charge < -0.3 is 4.74 Å². The summed E-state index contributed by atoms with van der Waals surface area (Å²) in [7, 11) is 1.36. The topological polar surface area (TPSA) is 22.1 Å². The van der Waals surface area contributed by atoms with Crippen molar-refractivity contribution in [1.82, 2.24) is 4.98 Å². The number of methoxy groups -OCH3 is 1. The third-order valence-corrected chi connectivity index (χ3v) is 5.05. The fraction of sp³-hybridized carbons (Fsp3) is 0.278. The summed E-state index contributed by atoms with van der Waals surface area (Å²) >= 11 is 0.940. The molecule has 0 atom stereocenters. The lowest BCUT2D eigenvalue weighted by Crippen LogP contribution is -2.10. The normalized spacial score (nSPS) is 12.6. The molecular formula is C18H13F6NOS. The standard InChI is InChI=1S/C18H13F6NOS/c1-9-5-12(18(22,23)24)10(6-14(9)26-2)7-16-25-13-4-3-11(17(19,20)21)8-15(13)27-16/h3-6,8H,7H2,1-2H3. The first-order chi connectivity index (χ1) is 12.5. The molecule has 1 aromatic heterocycles. The van der Waals surface area contributed by atoms with Gasteiger partial charge in [0.1, 0.15) is 5.75 Å². The zero-order valence-corrected chi connectivity index (χ0v) is 14.9. The first-order valence-corrected chi connectivity index (χ1v) is 8.52. The minimum Gasteiger partial charge on any atom is -0.496 e. The van der Waals surface area contributed by atoms with E-state index in [2.05, 4.69) is 4.98 Å². The van der Waals surface area contributed by atoms with E-state index in [-0.39, 0.29) is 16.7 Å². The summed E-state index contributed by atoms with van der Waals surface area (Å²) in [6, 6.07) is 5.38. The van der Waals surface area contributed by atoms with Crippen LogP contribution in [-0.4, -0.2) is 12.1 Å². The number of aryl methyl sites for hydroxylation is 1. The predicted octanol–water partition coefficient (Wildman–Crippen LogP) is 6.24. The zero-order chi connectivity index (χ0) is 20.0. The highest BCUT2D eigenvalue weighted by atomic mass is 32.1. The molecule has 0 aliphatic carbocycles. The fourth-order valence-corrected chi connectivity index (χ4v) is 3.78. The zero-order valence-electron chi connectivity index (χ0n) is 14.1. The second-order valence-corrected chi connectivity index (χ2v) is 7.06. The molecule has 9 heteroatoms. The van der Waals surface area contributed by atoms with E-state index in [1.165, 1.54) is 26.2 Å². The van der Waals surface area contributed by atoms with Crippen molar-refractivity contribution >= 4 is 21.6 Å². The summed E-state index contributed by atoms with van der Waals surface area (Å²) in [5, 5.41) is 0.292. The summed E-state index contributed by atoms with van der Waals surface area (Å²) in [4.78, 5) is 4.18. The fourth-order valence-electron chi connectivity index (χ4n) is 2.75. The Balaban J connectivity index is 2.04. The van der Waals surface area contributed by atoms with Crippen molar-refractivity contribution < 1.29 is 31.1 Å². The monoisotopic (exact) mass is 405 g/mol. The van der Waals surface area contributed by atoms with Crippen LogP contribution in [0, 0.1) is 6.92 Å². The van der Waals surface area contributed by atoms with Gasteiger partial charge in [-0.25, -0.2) is 4.98 Å². The number of rotatable bonds is 3. The van der Waals surface area contributed by atoms with Gasteiger partial charge in [0.05, 0.1) is 33.5 Å². The van der Waals surface area contributed by atoms with Crippen LogP contribution < -0.4 is 4.74 Å². The molecular weight excluding hydrogens is 392 g/mol. The van der Waals surface area contributed by atoms with Crippen LogP contribution in [0.2, 0.25) is 0 Å². The molecule has 0 fully saturated rings. The highest BCUT2D eigenvalue weighted by molar-refractivity contribution is 7.18. The molecule has 0 saturated heterocycles. The molecule has 0 saturated carbocycles. The first-order valence-electron chi connectivity index (χ1n) is 7.70. The molecule has 144 valence electrons. The van der Waals surface area contributed by atoms with E-state index < -0.39 is 23.5 Å². The Morgan fingerprint density at radius 3 is 2.30 bits per heavy atom. The Morgan fingerprint density at radius 2 is 1.70 bits per heavy atom. The number of halogens is 6. The second-order valence-electron chi connectivity index (χ2n) is 5.94. The Hall–Kier alpha value is -2.29. The van der Waals surface area contributed by atoms with E-state index in [9.17, 15) is 26.3 Å². The van der Waals surface area contributed by atoms with E-state index in [0.717, 1.165) is 29.5 Å². The maximum atomic E-state index is 13.4. The van der Waals surface area contributed by atoms with Crippen LogP contribution in [0.1, 0.15) is 27.3 Å². The highest BCUT2D eigenvalue weighted by Crippen LogP contribution is 2.38. The van der Waals surface area contributed by atoms with Crippen molar-refractivity contribution in [2.24, 2.45) is 0 Å².